The van der Waals surface area contributed by atoms with Gasteiger partial charge >= 0.3 is 5.97 Å². The van der Waals surface area contributed by atoms with Crippen LogP contribution >= 0.6 is 0 Å². The fraction of sp³-hybridized carbons (Fsp3) is 0.200. The highest BCUT2D eigenvalue weighted by molar-refractivity contribution is 5.69. The second-order valence-corrected chi connectivity index (χ2v) is 4.34. The Kier molecular flexibility index (Phi) is 5.09. The summed E-state index contributed by atoms with van der Waals surface area (Å²) >= 11 is 0. The van der Waals surface area contributed by atoms with Gasteiger partial charge in [-0.15, -0.1) is 0 Å². The van der Waals surface area contributed by atoms with Crippen LogP contribution < -0.4 is 10.5 Å². The number of nitrogens with two attached hydrogens (primary N) is 1. The summed E-state index contributed by atoms with van der Waals surface area (Å²) in [6, 6.07) is 8.20. The standard InChI is InChI=1S/C15H15FN2O3/c16-12-6-11(8-18-9-12)10-21-15(19)4-5-20-14-3-1-2-13(17)7-14/h1-3,6-9H,4-5,10,17H2. The van der Waals surface area contributed by atoms with Crippen LogP contribution in [-0.4, -0.2) is 17.6 Å². The second kappa shape index (κ2) is 7.23. The number of pyridine rings is 1. The maximum absolute atomic E-state index is 12.9. The van der Waals surface area contributed by atoms with Gasteiger partial charge in [-0.3, -0.25) is 9.78 Å². The summed E-state index contributed by atoms with van der Waals surface area (Å²) in [7, 11) is 0. The maximum atomic E-state index is 12.9. The van der Waals surface area contributed by atoms with Crippen LogP contribution in [0.25, 0.3) is 0 Å². The third-order valence-electron chi connectivity index (χ3n) is 2.59. The van der Waals surface area contributed by atoms with E-state index < -0.39 is 11.8 Å². The molecule has 1 heterocycles. The summed E-state index contributed by atoms with van der Waals surface area (Å²) in [5.41, 5.74) is 6.70. The summed E-state index contributed by atoms with van der Waals surface area (Å²) < 4.78 is 23.3. The molecule has 1 aromatic heterocycles. The number of carbonyl (C=O) groups excluding carboxylic acids is 1. The largest absolute Gasteiger partial charge is 0.493 e. The van der Waals surface area contributed by atoms with Crippen molar-refractivity contribution in [2.45, 2.75) is 13.0 Å². The van der Waals surface area contributed by atoms with Crippen LogP contribution in [-0.2, 0) is 16.1 Å². The third-order valence-corrected chi connectivity index (χ3v) is 2.59. The normalized spacial score (nSPS) is 10.1. The second-order valence-electron chi connectivity index (χ2n) is 4.34. The van der Waals surface area contributed by atoms with Gasteiger partial charge in [-0.25, -0.2) is 4.39 Å². The van der Waals surface area contributed by atoms with Crippen LogP contribution in [0.5, 0.6) is 5.75 Å². The van der Waals surface area contributed by atoms with Gasteiger partial charge in [0.15, 0.2) is 0 Å². The molecule has 1 aromatic carbocycles. The molecule has 0 atom stereocenters. The minimum atomic E-state index is -0.464. The van der Waals surface area contributed by atoms with E-state index in [1.54, 1.807) is 24.3 Å². The Morgan fingerprint density at radius 2 is 2.14 bits per heavy atom. The van der Waals surface area contributed by atoms with Gasteiger partial charge in [-0.1, -0.05) is 6.07 Å². The molecule has 0 bridgehead atoms. The molecule has 2 rings (SSSR count). The maximum Gasteiger partial charge on any atom is 0.309 e. The zero-order valence-electron chi connectivity index (χ0n) is 11.3. The Hall–Kier alpha value is -2.63. The number of aromatic nitrogens is 1. The van der Waals surface area contributed by atoms with Crippen LogP contribution in [0.1, 0.15) is 12.0 Å². The molecule has 0 saturated heterocycles. The molecule has 0 aliphatic carbocycles. The lowest BCUT2D eigenvalue weighted by Gasteiger charge is -2.07. The van der Waals surface area contributed by atoms with E-state index in [1.807, 2.05) is 0 Å². The highest BCUT2D eigenvalue weighted by atomic mass is 19.1. The van der Waals surface area contributed by atoms with E-state index in [9.17, 15) is 9.18 Å². The smallest absolute Gasteiger partial charge is 0.309 e. The van der Waals surface area contributed by atoms with E-state index in [-0.39, 0.29) is 19.6 Å². The van der Waals surface area contributed by atoms with Crippen molar-refractivity contribution < 1.29 is 18.7 Å². The van der Waals surface area contributed by atoms with Crippen molar-refractivity contribution in [2.75, 3.05) is 12.3 Å². The van der Waals surface area contributed by atoms with Gasteiger partial charge in [0.1, 0.15) is 18.2 Å². The van der Waals surface area contributed by atoms with Crippen LogP contribution in [0.4, 0.5) is 10.1 Å². The average molecular weight is 290 g/mol. The van der Waals surface area contributed by atoms with Gasteiger partial charge in [0.2, 0.25) is 0 Å². The topological polar surface area (TPSA) is 74.4 Å². The fourth-order valence-corrected chi connectivity index (χ4v) is 1.63. The van der Waals surface area contributed by atoms with Crippen LogP contribution in [0.3, 0.4) is 0 Å². The number of carbonyl (C=O) groups is 1. The first-order valence-electron chi connectivity index (χ1n) is 6.37. The first kappa shape index (κ1) is 14.8. The van der Waals surface area contributed by atoms with E-state index in [4.69, 9.17) is 15.2 Å². The van der Waals surface area contributed by atoms with Gasteiger partial charge in [0, 0.05) is 23.5 Å². The lowest BCUT2D eigenvalue weighted by atomic mass is 10.3. The molecule has 0 amide bonds. The molecule has 0 aliphatic heterocycles. The molecule has 2 aromatic rings. The van der Waals surface area contributed by atoms with Gasteiger partial charge in [-0.2, -0.15) is 0 Å². The Bertz CT molecular complexity index is 619. The molecule has 0 radical (unpaired) electrons. The van der Waals surface area contributed by atoms with Crippen molar-refractivity contribution in [3.63, 3.8) is 0 Å². The van der Waals surface area contributed by atoms with Crippen molar-refractivity contribution in [1.82, 2.24) is 4.98 Å². The number of hydrogen-bond donors (Lipinski definition) is 1. The molecule has 2 N–H and O–H groups in total. The summed E-state index contributed by atoms with van der Waals surface area (Å²) in [6.07, 6.45) is 2.63. The third kappa shape index (κ3) is 5.10. The lowest BCUT2D eigenvalue weighted by molar-refractivity contribution is -0.145. The van der Waals surface area contributed by atoms with Crippen LogP contribution in [0.2, 0.25) is 0 Å². The molecule has 0 spiro atoms. The minimum Gasteiger partial charge on any atom is -0.493 e. The van der Waals surface area contributed by atoms with Crippen LogP contribution in [0, 0.1) is 5.82 Å². The zero-order valence-corrected chi connectivity index (χ0v) is 11.3. The van der Waals surface area contributed by atoms with Crippen molar-refractivity contribution in [2.24, 2.45) is 0 Å². The van der Waals surface area contributed by atoms with E-state index >= 15 is 0 Å². The number of halogens is 1. The first-order chi connectivity index (χ1) is 10.1. The molecule has 0 fully saturated rings. The van der Waals surface area contributed by atoms with Gasteiger partial charge in [-0.05, 0) is 18.2 Å². The van der Waals surface area contributed by atoms with E-state index in [1.165, 1.54) is 12.3 Å². The van der Waals surface area contributed by atoms with Crippen molar-refractivity contribution in [3.8, 4) is 5.75 Å². The van der Waals surface area contributed by atoms with E-state index in [2.05, 4.69) is 4.98 Å². The summed E-state index contributed by atoms with van der Waals surface area (Å²) in [5, 5.41) is 0. The fourth-order valence-electron chi connectivity index (χ4n) is 1.63. The van der Waals surface area contributed by atoms with Gasteiger partial charge < -0.3 is 15.2 Å². The molecule has 0 saturated carbocycles. The molecule has 110 valence electrons. The van der Waals surface area contributed by atoms with Gasteiger partial charge in [0.05, 0.1) is 19.2 Å². The monoisotopic (exact) mass is 290 g/mol. The Labute approximate surface area is 121 Å². The SMILES string of the molecule is Nc1cccc(OCCC(=O)OCc2cncc(F)c2)c1. The predicted octanol–water partition coefficient (Wildman–Crippen LogP) is 2.32. The summed E-state index contributed by atoms with van der Waals surface area (Å²) in [4.78, 5) is 15.2. The number of benzene rings is 1. The molecular weight excluding hydrogens is 275 g/mol. The number of esters is 1. The lowest BCUT2D eigenvalue weighted by Crippen LogP contribution is -2.10. The Balaban J connectivity index is 1.70. The number of nitrogen functional groups attached to an aromatic ring is 1. The molecule has 0 aliphatic rings. The molecule has 0 unspecified atom stereocenters. The average Bonchev–Trinajstić information content (AvgIpc) is 2.45. The van der Waals surface area contributed by atoms with Crippen molar-refractivity contribution >= 4 is 11.7 Å². The quantitative estimate of drug-likeness (QED) is 0.652. The number of hydrogen-bond acceptors (Lipinski definition) is 5. The number of ether oxygens (including phenoxy) is 2. The Morgan fingerprint density at radius 3 is 2.90 bits per heavy atom. The van der Waals surface area contributed by atoms with Crippen molar-refractivity contribution in [3.05, 3.63) is 54.1 Å². The Morgan fingerprint density at radius 1 is 1.29 bits per heavy atom. The highest BCUT2D eigenvalue weighted by Gasteiger charge is 2.05. The molecular formula is C15H15FN2O3. The number of nitrogens with zero attached hydrogens (tertiary/aromatic N) is 1. The minimum absolute atomic E-state index is 0.0120. The van der Waals surface area contributed by atoms with E-state index in [0.29, 0.717) is 17.0 Å². The number of rotatable bonds is 6. The first-order valence-corrected chi connectivity index (χ1v) is 6.37. The summed E-state index contributed by atoms with van der Waals surface area (Å²) in [5.74, 6) is -0.297. The number of anilines is 1. The van der Waals surface area contributed by atoms with Crippen LogP contribution in [0.15, 0.2) is 42.7 Å². The highest BCUT2D eigenvalue weighted by Crippen LogP contribution is 2.14. The summed E-state index contributed by atoms with van der Waals surface area (Å²) in [6.45, 7) is 0.172. The molecule has 21 heavy (non-hydrogen) atoms. The van der Waals surface area contributed by atoms with E-state index in [0.717, 1.165) is 6.20 Å². The van der Waals surface area contributed by atoms with Gasteiger partial charge in [0.25, 0.3) is 0 Å². The predicted molar refractivity (Wildman–Crippen MR) is 75.0 cm³/mol. The molecule has 5 nitrogen and oxygen atoms in total. The zero-order chi connectivity index (χ0) is 15.1. The molecule has 6 heteroatoms. The van der Waals surface area contributed by atoms with Crippen molar-refractivity contribution in [1.29, 1.82) is 0 Å².